The summed E-state index contributed by atoms with van der Waals surface area (Å²) < 4.78 is 0. The van der Waals surface area contributed by atoms with Gasteiger partial charge in [-0.15, -0.1) is 0 Å². The molecule has 0 heterocycles. The minimum Gasteiger partial charge on any atom is -0.388 e. The Hall–Kier alpha value is -1.55. The van der Waals surface area contributed by atoms with Crippen molar-refractivity contribution in [2.75, 3.05) is 11.9 Å². The van der Waals surface area contributed by atoms with Gasteiger partial charge in [-0.3, -0.25) is 0 Å². The van der Waals surface area contributed by atoms with Crippen LogP contribution >= 0.6 is 0 Å². The van der Waals surface area contributed by atoms with Gasteiger partial charge in [0.2, 0.25) is 0 Å². The van der Waals surface area contributed by atoms with E-state index in [-0.39, 0.29) is 6.03 Å². The van der Waals surface area contributed by atoms with Gasteiger partial charge in [0.1, 0.15) is 0 Å². The van der Waals surface area contributed by atoms with Crippen molar-refractivity contribution < 1.29 is 9.90 Å². The molecule has 0 spiro atoms. The van der Waals surface area contributed by atoms with E-state index in [4.69, 9.17) is 0 Å². The van der Waals surface area contributed by atoms with Crippen LogP contribution in [0.4, 0.5) is 10.5 Å². The van der Waals surface area contributed by atoms with E-state index >= 15 is 0 Å². The fraction of sp³-hybridized carbons (Fsp3) is 0.500. The van der Waals surface area contributed by atoms with Gasteiger partial charge in [-0.2, -0.15) is 0 Å². The average molecular weight is 248 g/mol. The molecule has 2 amide bonds. The summed E-state index contributed by atoms with van der Waals surface area (Å²) in [6.45, 7) is 2.42. The zero-order valence-corrected chi connectivity index (χ0v) is 10.7. The summed E-state index contributed by atoms with van der Waals surface area (Å²) in [4.78, 5) is 11.6. The first kappa shape index (κ1) is 12.9. The maximum atomic E-state index is 11.6. The van der Waals surface area contributed by atoms with Gasteiger partial charge in [-0.1, -0.05) is 19.1 Å². The van der Waals surface area contributed by atoms with Crippen LogP contribution in [0.2, 0.25) is 0 Å². The van der Waals surface area contributed by atoms with Crippen LogP contribution in [-0.2, 0) is 6.42 Å². The number of anilines is 1. The molecule has 18 heavy (non-hydrogen) atoms. The van der Waals surface area contributed by atoms with Crippen LogP contribution in [0.15, 0.2) is 24.3 Å². The number of urea groups is 1. The highest BCUT2D eigenvalue weighted by atomic mass is 16.3. The molecule has 1 aliphatic rings. The zero-order valence-electron chi connectivity index (χ0n) is 10.7. The molecule has 1 aliphatic carbocycles. The first-order chi connectivity index (χ1) is 8.61. The molecule has 0 radical (unpaired) electrons. The predicted molar refractivity (Wildman–Crippen MR) is 71.6 cm³/mol. The normalized spacial score (nSPS) is 16.8. The highest BCUT2D eigenvalue weighted by molar-refractivity contribution is 5.89. The molecule has 1 saturated carbocycles. The molecule has 0 aliphatic heterocycles. The summed E-state index contributed by atoms with van der Waals surface area (Å²) in [6.07, 6.45) is 3.58. The number of nitrogens with one attached hydrogen (secondary N) is 2. The molecule has 0 bridgehead atoms. The van der Waals surface area contributed by atoms with Crippen molar-refractivity contribution in [3.05, 3.63) is 29.8 Å². The standard InChI is InChI=1S/C14H20N2O2/c1-2-11-4-6-12(7-5-11)16-13(17)15-10-14(18)8-3-9-14/h4-7,18H,2-3,8-10H2,1H3,(H2,15,16,17). The quantitative estimate of drug-likeness (QED) is 0.765. The lowest BCUT2D eigenvalue weighted by Gasteiger charge is -2.36. The number of hydrogen-bond donors (Lipinski definition) is 3. The molecule has 0 aromatic heterocycles. The van der Waals surface area contributed by atoms with Crippen molar-refractivity contribution in [1.82, 2.24) is 5.32 Å². The summed E-state index contributed by atoms with van der Waals surface area (Å²) in [5, 5.41) is 15.3. The van der Waals surface area contributed by atoms with Crippen LogP contribution in [0.1, 0.15) is 31.7 Å². The number of aryl methyl sites for hydroxylation is 1. The fourth-order valence-electron chi connectivity index (χ4n) is 2.01. The van der Waals surface area contributed by atoms with Gasteiger partial charge >= 0.3 is 6.03 Å². The summed E-state index contributed by atoms with van der Waals surface area (Å²) in [5.74, 6) is 0. The van der Waals surface area contributed by atoms with Gasteiger partial charge in [-0.05, 0) is 43.4 Å². The van der Waals surface area contributed by atoms with Crippen LogP contribution in [0.25, 0.3) is 0 Å². The van der Waals surface area contributed by atoms with Crippen molar-refractivity contribution in [1.29, 1.82) is 0 Å². The van der Waals surface area contributed by atoms with Crippen molar-refractivity contribution in [3.63, 3.8) is 0 Å². The van der Waals surface area contributed by atoms with Gasteiger partial charge in [0.25, 0.3) is 0 Å². The van der Waals surface area contributed by atoms with Gasteiger partial charge in [-0.25, -0.2) is 4.79 Å². The van der Waals surface area contributed by atoms with Crippen molar-refractivity contribution in [2.45, 2.75) is 38.2 Å². The number of carbonyl (C=O) groups excluding carboxylic acids is 1. The minimum absolute atomic E-state index is 0.264. The minimum atomic E-state index is -0.677. The molecule has 98 valence electrons. The molecule has 4 nitrogen and oxygen atoms in total. The van der Waals surface area contributed by atoms with Crippen molar-refractivity contribution >= 4 is 11.7 Å². The summed E-state index contributed by atoms with van der Waals surface area (Å²) in [7, 11) is 0. The van der Waals surface area contributed by atoms with E-state index in [9.17, 15) is 9.90 Å². The fourth-order valence-corrected chi connectivity index (χ4v) is 2.01. The van der Waals surface area contributed by atoms with Crippen LogP contribution in [-0.4, -0.2) is 23.3 Å². The second kappa shape index (κ2) is 5.40. The third-order valence-electron chi connectivity index (χ3n) is 3.48. The summed E-state index contributed by atoms with van der Waals surface area (Å²) in [5.41, 5.74) is 1.33. The van der Waals surface area contributed by atoms with E-state index in [1.165, 1.54) is 5.56 Å². The van der Waals surface area contributed by atoms with Gasteiger partial charge in [0.15, 0.2) is 0 Å². The Labute approximate surface area is 107 Å². The summed E-state index contributed by atoms with van der Waals surface area (Å²) in [6, 6.07) is 7.50. The lowest BCUT2D eigenvalue weighted by molar-refractivity contribution is -0.0287. The Balaban J connectivity index is 1.79. The monoisotopic (exact) mass is 248 g/mol. The molecule has 0 saturated heterocycles. The number of carbonyl (C=O) groups is 1. The largest absolute Gasteiger partial charge is 0.388 e. The molecular weight excluding hydrogens is 228 g/mol. The maximum absolute atomic E-state index is 11.6. The van der Waals surface area contributed by atoms with Crippen molar-refractivity contribution in [2.24, 2.45) is 0 Å². The Bertz CT molecular complexity index is 410. The number of benzene rings is 1. The van der Waals surface area contributed by atoms with E-state index in [0.29, 0.717) is 6.54 Å². The van der Waals surface area contributed by atoms with Crippen LogP contribution < -0.4 is 10.6 Å². The maximum Gasteiger partial charge on any atom is 0.319 e. The molecule has 1 aromatic carbocycles. The first-order valence-electron chi connectivity index (χ1n) is 6.47. The average Bonchev–Trinajstić information content (AvgIpc) is 2.35. The SMILES string of the molecule is CCc1ccc(NC(=O)NCC2(O)CCC2)cc1. The van der Waals surface area contributed by atoms with Gasteiger partial charge in [0, 0.05) is 12.2 Å². The smallest absolute Gasteiger partial charge is 0.319 e. The van der Waals surface area contributed by atoms with Gasteiger partial charge in [0.05, 0.1) is 5.60 Å². The lowest BCUT2D eigenvalue weighted by atomic mass is 9.80. The third-order valence-corrected chi connectivity index (χ3v) is 3.48. The first-order valence-corrected chi connectivity index (χ1v) is 6.47. The Morgan fingerprint density at radius 2 is 2.00 bits per heavy atom. The molecule has 1 aromatic rings. The van der Waals surface area contributed by atoms with E-state index in [1.807, 2.05) is 24.3 Å². The Morgan fingerprint density at radius 3 is 2.50 bits per heavy atom. The Morgan fingerprint density at radius 1 is 1.33 bits per heavy atom. The Kier molecular flexibility index (Phi) is 3.87. The highest BCUT2D eigenvalue weighted by Crippen LogP contribution is 2.30. The zero-order chi connectivity index (χ0) is 13.0. The number of rotatable bonds is 4. The number of amides is 2. The van der Waals surface area contributed by atoms with E-state index < -0.39 is 5.60 Å². The predicted octanol–water partition coefficient (Wildman–Crippen LogP) is 2.29. The second-order valence-corrected chi connectivity index (χ2v) is 4.94. The van der Waals surface area contributed by atoms with E-state index in [2.05, 4.69) is 17.6 Å². The van der Waals surface area contributed by atoms with Gasteiger partial charge < -0.3 is 15.7 Å². The molecule has 0 atom stereocenters. The summed E-state index contributed by atoms with van der Waals surface area (Å²) >= 11 is 0. The molecule has 1 fully saturated rings. The van der Waals surface area contributed by atoms with Crippen molar-refractivity contribution in [3.8, 4) is 0 Å². The molecule has 2 rings (SSSR count). The molecule has 4 heteroatoms. The molecule has 0 unspecified atom stereocenters. The van der Waals surface area contributed by atoms with E-state index in [1.54, 1.807) is 0 Å². The van der Waals surface area contributed by atoms with Crippen LogP contribution in [0, 0.1) is 0 Å². The van der Waals surface area contributed by atoms with E-state index in [0.717, 1.165) is 31.4 Å². The van der Waals surface area contributed by atoms with Crippen LogP contribution in [0.5, 0.6) is 0 Å². The topological polar surface area (TPSA) is 61.4 Å². The molecular formula is C14H20N2O2. The lowest BCUT2D eigenvalue weighted by Crippen LogP contribution is -2.48. The highest BCUT2D eigenvalue weighted by Gasteiger charge is 2.34. The van der Waals surface area contributed by atoms with Crippen LogP contribution in [0.3, 0.4) is 0 Å². The number of hydrogen-bond acceptors (Lipinski definition) is 2. The third kappa shape index (κ3) is 3.23. The molecule has 3 N–H and O–H groups in total. The number of aliphatic hydroxyl groups is 1. The second-order valence-electron chi connectivity index (χ2n) is 4.94.